The predicted octanol–water partition coefficient (Wildman–Crippen LogP) is 3.92. The van der Waals surface area contributed by atoms with E-state index in [-0.39, 0.29) is 0 Å². The van der Waals surface area contributed by atoms with Gasteiger partial charge < -0.3 is 20.4 Å². The SMILES string of the molecule is C=C(N)Cn1cccc1-c1cc2cccnc2[nH]1.CC.CCCO. The quantitative estimate of drug-likeness (QED) is 0.679. The van der Waals surface area contributed by atoms with Gasteiger partial charge in [0, 0.05) is 30.1 Å². The molecule has 3 aromatic heterocycles. The van der Waals surface area contributed by atoms with Gasteiger partial charge in [-0.25, -0.2) is 4.98 Å². The van der Waals surface area contributed by atoms with Crippen molar-refractivity contribution in [1.29, 1.82) is 0 Å². The highest BCUT2D eigenvalue weighted by molar-refractivity contribution is 5.82. The summed E-state index contributed by atoms with van der Waals surface area (Å²) in [4.78, 5) is 7.60. The van der Waals surface area contributed by atoms with Crippen molar-refractivity contribution in [2.75, 3.05) is 6.61 Å². The molecule has 0 saturated heterocycles. The summed E-state index contributed by atoms with van der Waals surface area (Å²) in [6.07, 6.45) is 4.65. The van der Waals surface area contributed by atoms with E-state index in [0.717, 1.165) is 28.8 Å². The lowest BCUT2D eigenvalue weighted by atomic mass is 10.2. The van der Waals surface area contributed by atoms with E-state index < -0.39 is 0 Å². The zero-order valence-electron chi connectivity index (χ0n) is 14.8. The third kappa shape index (κ3) is 5.28. The van der Waals surface area contributed by atoms with Gasteiger partial charge in [0.1, 0.15) is 5.65 Å². The maximum absolute atomic E-state index is 7.88. The van der Waals surface area contributed by atoms with Gasteiger partial charge in [0.25, 0.3) is 0 Å². The van der Waals surface area contributed by atoms with Crippen molar-refractivity contribution >= 4 is 11.0 Å². The Morgan fingerprint density at radius 1 is 1.33 bits per heavy atom. The number of hydrogen-bond acceptors (Lipinski definition) is 3. The standard InChI is InChI=1S/C14H14N4.C3H8O.C2H6/c1-10(15)9-18-7-3-5-13(18)12-8-11-4-2-6-16-14(11)17-12;1-2-3-4;1-2/h2-8H,1,9,15H2,(H,16,17);4H,2-3H2,1H3;1-2H3. The van der Waals surface area contributed by atoms with Crippen molar-refractivity contribution in [3.05, 3.63) is 55.0 Å². The minimum atomic E-state index is 0.319. The second-order valence-electron chi connectivity index (χ2n) is 5.03. The third-order valence-corrected chi connectivity index (χ3v) is 3.09. The Labute approximate surface area is 143 Å². The topological polar surface area (TPSA) is 79.9 Å². The number of nitrogens with two attached hydrogens (primary N) is 1. The minimum absolute atomic E-state index is 0.319. The normalized spacial score (nSPS) is 9.67. The van der Waals surface area contributed by atoms with Crippen molar-refractivity contribution in [2.24, 2.45) is 5.73 Å². The first-order chi connectivity index (χ1) is 11.7. The summed E-state index contributed by atoms with van der Waals surface area (Å²) in [7, 11) is 0. The molecule has 0 radical (unpaired) electrons. The molecule has 0 saturated carbocycles. The number of pyridine rings is 1. The zero-order valence-corrected chi connectivity index (χ0v) is 14.8. The predicted molar refractivity (Wildman–Crippen MR) is 102 cm³/mol. The molecule has 0 bridgehead atoms. The molecule has 5 nitrogen and oxygen atoms in total. The molecular weight excluding hydrogens is 300 g/mol. The molecule has 0 fully saturated rings. The van der Waals surface area contributed by atoms with Crippen LogP contribution in [0.25, 0.3) is 22.4 Å². The van der Waals surface area contributed by atoms with E-state index in [1.807, 2.05) is 51.2 Å². The Morgan fingerprint density at radius 3 is 2.62 bits per heavy atom. The first-order valence-electron chi connectivity index (χ1n) is 8.29. The number of aliphatic hydroxyl groups is 1. The minimum Gasteiger partial charge on any atom is -0.401 e. The van der Waals surface area contributed by atoms with Gasteiger partial charge in [0.15, 0.2) is 0 Å². The molecule has 24 heavy (non-hydrogen) atoms. The highest BCUT2D eigenvalue weighted by Crippen LogP contribution is 2.23. The molecule has 0 aliphatic carbocycles. The van der Waals surface area contributed by atoms with E-state index in [1.54, 1.807) is 6.20 Å². The number of aliphatic hydroxyl groups excluding tert-OH is 1. The van der Waals surface area contributed by atoms with Gasteiger partial charge in [-0.3, -0.25) is 0 Å². The number of H-pyrrole nitrogens is 1. The van der Waals surface area contributed by atoms with Gasteiger partial charge in [-0.1, -0.05) is 27.4 Å². The number of nitrogens with one attached hydrogen (secondary N) is 1. The highest BCUT2D eigenvalue weighted by Gasteiger charge is 2.07. The van der Waals surface area contributed by atoms with Crippen LogP contribution in [0.5, 0.6) is 0 Å². The van der Waals surface area contributed by atoms with Crippen LogP contribution in [0.2, 0.25) is 0 Å². The fraction of sp³-hybridized carbons (Fsp3) is 0.316. The summed E-state index contributed by atoms with van der Waals surface area (Å²) in [6, 6.07) is 10.1. The summed E-state index contributed by atoms with van der Waals surface area (Å²) in [5.41, 5.74) is 9.32. The van der Waals surface area contributed by atoms with Crippen LogP contribution in [0.15, 0.2) is 55.0 Å². The molecule has 3 aromatic rings. The van der Waals surface area contributed by atoms with Gasteiger partial charge in [-0.2, -0.15) is 0 Å². The summed E-state index contributed by atoms with van der Waals surface area (Å²) >= 11 is 0. The number of allylic oxidation sites excluding steroid dienone is 1. The van der Waals surface area contributed by atoms with Gasteiger partial charge >= 0.3 is 0 Å². The number of aromatic nitrogens is 3. The number of aromatic amines is 1. The molecule has 0 atom stereocenters. The molecule has 0 unspecified atom stereocenters. The zero-order chi connectivity index (χ0) is 17.9. The lowest BCUT2D eigenvalue weighted by Gasteiger charge is -2.07. The molecular formula is C19H28N4O. The molecule has 4 N–H and O–H groups in total. The number of hydrogen-bond donors (Lipinski definition) is 3. The lowest BCUT2D eigenvalue weighted by Crippen LogP contribution is -2.06. The number of rotatable bonds is 4. The van der Waals surface area contributed by atoms with Gasteiger partial charge in [0.2, 0.25) is 0 Å². The van der Waals surface area contributed by atoms with Crippen LogP contribution < -0.4 is 5.73 Å². The largest absolute Gasteiger partial charge is 0.401 e. The molecule has 0 spiro atoms. The van der Waals surface area contributed by atoms with E-state index in [0.29, 0.717) is 18.8 Å². The first kappa shape index (κ1) is 19.5. The third-order valence-electron chi connectivity index (χ3n) is 3.09. The Hall–Kier alpha value is -2.53. The highest BCUT2D eigenvalue weighted by atomic mass is 16.2. The van der Waals surface area contributed by atoms with Crippen LogP contribution in [0.3, 0.4) is 0 Å². The Balaban J connectivity index is 0.000000423. The Bertz CT molecular complexity index is 708. The van der Waals surface area contributed by atoms with Crippen LogP contribution in [0.4, 0.5) is 0 Å². The Morgan fingerprint density at radius 2 is 2.04 bits per heavy atom. The van der Waals surface area contributed by atoms with Crippen molar-refractivity contribution < 1.29 is 5.11 Å². The van der Waals surface area contributed by atoms with Crippen LogP contribution in [-0.2, 0) is 6.54 Å². The second kappa shape index (κ2) is 10.3. The van der Waals surface area contributed by atoms with Crippen molar-refractivity contribution in [2.45, 2.75) is 33.7 Å². The molecule has 5 heteroatoms. The van der Waals surface area contributed by atoms with Crippen LogP contribution in [0.1, 0.15) is 27.2 Å². The molecule has 130 valence electrons. The molecule has 3 heterocycles. The molecule has 0 amide bonds. The molecule has 0 aromatic carbocycles. The summed E-state index contributed by atoms with van der Waals surface area (Å²) in [5.74, 6) is 0. The van der Waals surface area contributed by atoms with E-state index in [2.05, 4.69) is 27.2 Å². The smallest absolute Gasteiger partial charge is 0.137 e. The van der Waals surface area contributed by atoms with E-state index in [4.69, 9.17) is 10.8 Å². The molecule has 0 aliphatic rings. The van der Waals surface area contributed by atoms with Crippen molar-refractivity contribution in [1.82, 2.24) is 14.5 Å². The summed E-state index contributed by atoms with van der Waals surface area (Å²) in [5, 5.41) is 8.98. The summed E-state index contributed by atoms with van der Waals surface area (Å²) in [6.45, 7) is 10.6. The lowest BCUT2D eigenvalue weighted by molar-refractivity contribution is 0.295. The molecule has 0 aliphatic heterocycles. The summed E-state index contributed by atoms with van der Waals surface area (Å²) < 4.78 is 2.06. The average Bonchev–Trinajstić information content (AvgIpc) is 3.22. The van der Waals surface area contributed by atoms with Crippen LogP contribution >= 0.6 is 0 Å². The Kier molecular flexibility index (Phi) is 8.36. The number of fused-ring (bicyclic) bond motifs is 1. The maximum atomic E-state index is 7.88. The van der Waals surface area contributed by atoms with Crippen molar-refractivity contribution in [3.8, 4) is 11.4 Å². The van der Waals surface area contributed by atoms with Crippen LogP contribution in [-0.4, -0.2) is 26.2 Å². The fourth-order valence-corrected chi connectivity index (χ4v) is 2.11. The maximum Gasteiger partial charge on any atom is 0.137 e. The van der Waals surface area contributed by atoms with E-state index >= 15 is 0 Å². The van der Waals surface area contributed by atoms with Crippen molar-refractivity contribution in [3.63, 3.8) is 0 Å². The van der Waals surface area contributed by atoms with E-state index in [9.17, 15) is 0 Å². The number of nitrogens with zero attached hydrogens (tertiary/aromatic N) is 2. The second-order valence-corrected chi connectivity index (χ2v) is 5.03. The monoisotopic (exact) mass is 328 g/mol. The van der Waals surface area contributed by atoms with Gasteiger partial charge in [-0.05, 0) is 36.8 Å². The first-order valence-corrected chi connectivity index (χ1v) is 8.29. The average molecular weight is 328 g/mol. The van der Waals surface area contributed by atoms with E-state index in [1.165, 1.54) is 0 Å². The van der Waals surface area contributed by atoms with Gasteiger partial charge in [0.05, 0.1) is 17.9 Å². The van der Waals surface area contributed by atoms with Crippen LogP contribution in [0, 0.1) is 0 Å². The molecule has 3 rings (SSSR count). The fourth-order valence-electron chi connectivity index (χ4n) is 2.11. The van der Waals surface area contributed by atoms with Gasteiger partial charge in [-0.15, -0.1) is 0 Å².